The van der Waals surface area contributed by atoms with Crippen LogP contribution in [0, 0.1) is 0 Å². The summed E-state index contributed by atoms with van der Waals surface area (Å²) < 4.78 is 0. The fourth-order valence-electron chi connectivity index (χ4n) is 3.69. The number of aromatic amines is 1. The standard InChI is InChI=1S/C22H19N5O/c23-22(11-4-12-22)16-9-7-15(8-10-16)17-18(14-5-2-1-3-6-14)27-20-19(26-17)21(28)25-13-24-20/h1-3,5-10,13H,4,11-12,23H2,(H,24,25,27,28). The van der Waals surface area contributed by atoms with Gasteiger partial charge in [-0.3, -0.25) is 4.79 Å². The van der Waals surface area contributed by atoms with Crippen molar-refractivity contribution in [3.8, 4) is 22.5 Å². The first-order valence-electron chi connectivity index (χ1n) is 9.35. The molecule has 6 heteroatoms. The van der Waals surface area contributed by atoms with Crippen LogP contribution in [0.4, 0.5) is 0 Å². The molecule has 0 bridgehead atoms. The average molecular weight is 369 g/mol. The second-order valence-electron chi connectivity index (χ2n) is 7.28. The molecule has 6 nitrogen and oxygen atoms in total. The summed E-state index contributed by atoms with van der Waals surface area (Å²) in [7, 11) is 0. The SMILES string of the molecule is NC1(c2ccc(-c3nc4c(=O)[nH]cnc4nc3-c3ccccc3)cc2)CCC1. The highest BCUT2D eigenvalue weighted by Crippen LogP contribution is 2.39. The number of hydrogen-bond donors (Lipinski definition) is 2. The highest BCUT2D eigenvalue weighted by atomic mass is 16.1. The Balaban J connectivity index is 1.71. The van der Waals surface area contributed by atoms with E-state index in [1.54, 1.807) is 0 Å². The predicted molar refractivity (Wildman–Crippen MR) is 109 cm³/mol. The Morgan fingerprint density at radius 3 is 2.25 bits per heavy atom. The van der Waals surface area contributed by atoms with Crippen molar-refractivity contribution in [3.63, 3.8) is 0 Å². The van der Waals surface area contributed by atoms with Crippen LogP contribution in [0.2, 0.25) is 0 Å². The van der Waals surface area contributed by atoms with Crippen molar-refractivity contribution in [2.75, 3.05) is 0 Å². The number of aromatic nitrogens is 4. The number of rotatable bonds is 3. The van der Waals surface area contributed by atoms with Gasteiger partial charge in [-0.15, -0.1) is 0 Å². The molecule has 0 atom stereocenters. The van der Waals surface area contributed by atoms with Crippen LogP contribution in [0.15, 0.2) is 65.7 Å². The van der Waals surface area contributed by atoms with Gasteiger partial charge >= 0.3 is 0 Å². The maximum absolute atomic E-state index is 12.2. The van der Waals surface area contributed by atoms with Gasteiger partial charge in [0.1, 0.15) is 0 Å². The molecule has 0 aliphatic heterocycles. The highest BCUT2D eigenvalue weighted by Gasteiger charge is 2.34. The molecule has 1 fully saturated rings. The molecule has 3 N–H and O–H groups in total. The smallest absolute Gasteiger partial charge is 0.278 e. The van der Waals surface area contributed by atoms with E-state index < -0.39 is 0 Å². The third kappa shape index (κ3) is 2.70. The van der Waals surface area contributed by atoms with Crippen molar-refractivity contribution in [1.29, 1.82) is 0 Å². The quantitative estimate of drug-likeness (QED) is 0.577. The minimum absolute atomic E-state index is 0.211. The zero-order chi connectivity index (χ0) is 19.1. The second-order valence-corrected chi connectivity index (χ2v) is 7.28. The first kappa shape index (κ1) is 16.8. The largest absolute Gasteiger partial charge is 0.321 e. The monoisotopic (exact) mass is 369 g/mol. The maximum Gasteiger partial charge on any atom is 0.278 e. The van der Waals surface area contributed by atoms with E-state index in [1.165, 1.54) is 12.7 Å². The second kappa shape index (κ2) is 6.35. The van der Waals surface area contributed by atoms with Crippen LogP contribution >= 0.6 is 0 Å². The molecule has 2 heterocycles. The number of nitrogens with two attached hydrogens (primary N) is 1. The Bertz CT molecular complexity index is 1210. The van der Waals surface area contributed by atoms with E-state index in [-0.39, 0.29) is 16.6 Å². The van der Waals surface area contributed by atoms with Crippen LogP contribution < -0.4 is 11.3 Å². The molecule has 4 aromatic rings. The molecule has 0 unspecified atom stereocenters. The molecular formula is C22H19N5O. The predicted octanol–water partition coefficient (Wildman–Crippen LogP) is 3.39. The van der Waals surface area contributed by atoms with Gasteiger partial charge in [-0.2, -0.15) is 0 Å². The summed E-state index contributed by atoms with van der Waals surface area (Å²) in [6.45, 7) is 0. The molecule has 28 heavy (non-hydrogen) atoms. The molecule has 1 aliphatic carbocycles. The van der Waals surface area contributed by atoms with Crippen LogP contribution in [-0.2, 0) is 5.54 Å². The summed E-state index contributed by atoms with van der Waals surface area (Å²) >= 11 is 0. The summed E-state index contributed by atoms with van der Waals surface area (Å²) in [4.78, 5) is 28.3. The Morgan fingerprint density at radius 2 is 1.57 bits per heavy atom. The molecule has 5 rings (SSSR count). The average Bonchev–Trinajstić information content (AvgIpc) is 2.72. The fourth-order valence-corrected chi connectivity index (χ4v) is 3.69. The van der Waals surface area contributed by atoms with Crippen LogP contribution in [0.3, 0.4) is 0 Å². The van der Waals surface area contributed by atoms with Gasteiger partial charge in [0, 0.05) is 16.7 Å². The van der Waals surface area contributed by atoms with E-state index in [0.717, 1.165) is 29.5 Å². The van der Waals surface area contributed by atoms with Crippen molar-refractivity contribution in [2.45, 2.75) is 24.8 Å². The Kier molecular flexibility index (Phi) is 3.80. The van der Waals surface area contributed by atoms with Crippen LogP contribution in [0.1, 0.15) is 24.8 Å². The van der Waals surface area contributed by atoms with Crippen molar-refractivity contribution >= 4 is 11.2 Å². The zero-order valence-corrected chi connectivity index (χ0v) is 15.2. The van der Waals surface area contributed by atoms with Gasteiger partial charge in [-0.25, -0.2) is 15.0 Å². The van der Waals surface area contributed by atoms with Crippen molar-refractivity contribution in [3.05, 3.63) is 76.8 Å². The Hall–Kier alpha value is -3.38. The fraction of sp³-hybridized carbons (Fsp3) is 0.182. The van der Waals surface area contributed by atoms with E-state index in [9.17, 15) is 4.79 Å². The minimum Gasteiger partial charge on any atom is -0.321 e. The molecule has 0 radical (unpaired) electrons. The topological polar surface area (TPSA) is 97.5 Å². The molecule has 0 spiro atoms. The summed E-state index contributed by atoms with van der Waals surface area (Å²) in [5.74, 6) is 0. The zero-order valence-electron chi connectivity index (χ0n) is 15.2. The third-order valence-electron chi connectivity index (χ3n) is 5.50. The van der Waals surface area contributed by atoms with Crippen LogP contribution in [-0.4, -0.2) is 19.9 Å². The molecule has 0 amide bonds. The number of fused-ring (bicyclic) bond motifs is 1. The Labute approximate surface area is 161 Å². The van der Waals surface area contributed by atoms with E-state index in [0.29, 0.717) is 17.0 Å². The first-order valence-corrected chi connectivity index (χ1v) is 9.35. The summed E-state index contributed by atoms with van der Waals surface area (Å²) in [5.41, 5.74) is 10.8. The summed E-state index contributed by atoms with van der Waals surface area (Å²) in [5, 5.41) is 0. The van der Waals surface area contributed by atoms with Crippen molar-refractivity contribution in [2.24, 2.45) is 5.73 Å². The molecular weight excluding hydrogens is 350 g/mol. The number of nitrogens with one attached hydrogen (secondary N) is 1. The van der Waals surface area contributed by atoms with Gasteiger partial charge < -0.3 is 10.7 Å². The van der Waals surface area contributed by atoms with Crippen LogP contribution in [0.25, 0.3) is 33.7 Å². The molecule has 1 saturated carbocycles. The van der Waals surface area contributed by atoms with Gasteiger partial charge in [0.2, 0.25) is 0 Å². The number of benzene rings is 2. The highest BCUT2D eigenvalue weighted by molar-refractivity contribution is 5.84. The third-order valence-corrected chi connectivity index (χ3v) is 5.50. The van der Waals surface area contributed by atoms with Crippen molar-refractivity contribution < 1.29 is 0 Å². The molecule has 1 aliphatic rings. The molecule has 2 aromatic carbocycles. The normalized spacial score (nSPS) is 15.3. The molecule has 2 aromatic heterocycles. The lowest BCUT2D eigenvalue weighted by Gasteiger charge is -2.38. The Morgan fingerprint density at radius 1 is 0.893 bits per heavy atom. The van der Waals surface area contributed by atoms with Gasteiger partial charge in [-0.1, -0.05) is 54.6 Å². The first-order chi connectivity index (χ1) is 13.6. The molecule has 138 valence electrons. The minimum atomic E-state index is -0.301. The van der Waals surface area contributed by atoms with Gasteiger partial charge in [0.15, 0.2) is 11.2 Å². The summed E-state index contributed by atoms with van der Waals surface area (Å²) in [6.07, 6.45) is 4.54. The van der Waals surface area contributed by atoms with E-state index in [2.05, 4.69) is 32.1 Å². The van der Waals surface area contributed by atoms with Crippen molar-refractivity contribution in [1.82, 2.24) is 19.9 Å². The van der Waals surface area contributed by atoms with Gasteiger partial charge in [0.25, 0.3) is 5.56 Å². The summed E-state index contributed by atoms with van der Waals surface area (Å²) in [6, 6.07) is 17.9. The lowest BCUT2D eigenvalue weighted by atomic mass is 9.72. The van der Waals surface area contributed by atoms with Gasteiger partial charge in [-0.05, 0) is 24.8 Å². The lowest BCUT2D eigenvalue weighted by Crippen LogP contribution is -2.43. The lowest BCUT2D eigenvalue weighted by molar-refractivity contribution is 0.253. The number of nitrogens with zero attached hydrogens (tertiary/aromatic N) is 3. The van der Waals surface area contributed by atoms with E-state index in [4.69, 9.17) is 5.73 Å². The van der Waals surface area contributed by atoms with Crippen LogP contribution in [0.5, 0.6) is 0 Å². The number of H-pyrrole nitrogens is 1. The van der Waals surface area contributed by atoms with E-state index in [1.807, 2.05) is 42.5 Å². The van der Waals surface area contributed by atoms with Gasteiger partial charge in [0.05, 0.1) is 17.7 Å². The maximum atomic E-state index is 12.2. The molecule has 0 saturated heterocycles. The number of hydrogen-bond acceptors (Lipinski definition) is 5. The van der Waals surface area contributed by atoms with E-state index >= 15 is 0 Å².